The fourth-order valence-electron chi connectivity index (χ4n) is 3.29. The van der Waals surface area contributed by atoms with Crippen LogP contribution in [0.3, 0.4) is 0 Å². The van der Waals surface area contributed by atoms with Gasteiger partial charge in [0.2, 0.25) is 5.89 Å². The molecule has 0 aliphatic carbocycles. The third-order valence-corrected chi connectivity index (χ3v) is 4.53. The van der Waals surface area contributed by atoms with E-state index in [-0.39, 0.29) is 12.0 Å². The van der Waals surface area contributed by atoms with Crippen molar-refractivity contribution in [3.05, 3.63) is 41.5 Å². The molecule has 0 spiro atoms. The molecule has 3 heterocycles. The zero-order valence-corrected chi connectivity index (χ0v) is 12.1. The van der Waals surface area contributed by atoms with Crippen molar-refractivity contribution < 1.29 is 9.26 Å². The largest absolute Gasteiger partial charge is 0.493 e. The smallest absolute Gasteiger partial charge is 0.244 e. The highest BCUT2D eigenvalue weighted by atomic mass is 16.5. The van der Waals surface area contributed by atoms with Crippen LogP contribution in [0.5, 0.6) is 5.75 Å². The lowest BCUT2D eigenvalue weighted by Gasteiger charge is -2.23. The first-order valence-corrected chi connectivity index (χ1v) is 7.61. The van der Waals surface area contributed by atoms with Crippen LogP contribution in [0.4, 0.5) is 0 Å². The van der Waals surface area contributed by atoms with Crippen molar-refractivity contribution in [2.75, 3.05) is 13.2 Å². The number of hydrogen-bond donors (Lipinski definition) is 1. The molecule has 0 saturated carbocycles. The Hall–Kier alpha value is -1.88. The number of ether oxygens (including phenoxy) is 1. The van der Waals surface area contributed by atoms with Crippen LogP contribution in [0.25, 0.3) is 0 Å². The van der Waals surface area contributed by atoms with Gasteiger partial charge in [0.25, 0.3) is 0 Å². The van der Waals surface area contributed by atoms with Gasteiger partial charge in [0, 0.05) is 5.56 Å². The summed E-state index contributed by atoms with van der Waals surface area (Å²) in [5, 5.41) is 7.67. The standard InChI is InChI=1S/C16H19N3O2/c1-10-6-8-17-14(10)16-18-15(19-21-16)12-7-9-20-13-5-3-2-4-11(12)13/h2-5,10,12,14,17H,6-9H2,1H3. The second-order valence-corrected chi connectivity index (χ2v) is 5.92. The molecule has 2 aliphatic rings. The van der Waals surface area contributed by atoms with Gasteiger partial charge in [-0.05, 0) is 31.4 Å². The molecular formula is C16H19N3O2. The summed E-state index contributed by atoms with van der Waals surface area (Å²) >= 11 is 0. The van der Waals surface area contributed by atoms with E-state index in [2.05, 4.69) is 28.4 Å². The summed E-state index contributed by atoms with van der Waals surface area (Å²) in [4.78, 5) is 4.67. The Morgan fingerprint density at radius 2 is 2.14 bits per heavy atom. The van der Waals surface area contributed by atoms with E-state index in [9.17, 15) is 0 Å². The van der Waals surface area contributed by atoms with Gasteiger partial charge in [-0.15, -0.1) is 0 Å². The molecular weight excluding hydrogens is 266 g/mol. The highest BCUT2D eigenvalue weighted by Gasteiger charge is 2.32. The minimum absolute atomic E-state index is 0.171. The third-order valence-electron chi connectivity index (χ3n) is 4.53. The highest BCUT2D eigenvalue weighted by Crippen LogP contribution is 2.37. The van der Waals surface area contributed by atoms with E-state index in [0.717, 1.165) is 42.4 Å². The molecule has 4 rings (SSSR count). The van der Waals surface area contributed by atoms with Crippen LogP contribution in [0, 0.1) is 5.92 Å². The summed E-state index contributed by atoms with van der Waals surface area (Å²) in [5.41, 5.74) is 1.16. The van der Waals surface area contributed by atoms with E-state index >= 15 is 0 Å². The maximum absolute atomic E-state index is 5.70. The summed E-state index contributed by atoms with van der Waals surface area (Å²) < 4.78 is 11.2. The minimum Gasteiger partial charge on any atom is -0.493 e. The molecule has 0 amide bonds. The Morgan fingerprint density at radius 3 is 3.00 bits per heavy atom. The van der Waals surface area contributed by atoms with E-state index in [1.165, 1.54) is 0 Å². The first-order valence-electron chi connectivity index (χ1n) is 7.61. The first kappa shape index (κ1) is 12.8. The van der Waals surface area contributed by atoms with Crippen molar-refractivity contribution in [1.29, 1.82) is 0 Å². The Balaban J connectivity index is 1.65. The van der Waals surface area contributed by atoms with Crippen molar-refractivity contribution in [3.63, 3.8) is 0 Å². The fraction of sp³-hybridized carbons (Fsp3) is 0.500. The average Bonchev–Trinajstić information content (AvgIpc) is 3.15. The first-order chi connectivity index (χ1) is 10.3. The van der Waals surface area contributed by atoms with Crippen LogP contribution >= 0.6 is 0 Å². The van der Waals surface area contributed by atoms with Crippen LogP contribution in [0.2, 0.25) is 0 Å². The summed E-state index contributed by atoms with van der Waals surface area (Å²) in [6.07, 6.45) is 2.05. The fourth-order valence-corrected chi connectivity index (χ4v) is 3.29. The van der Waals surface area contributed by atoms with Crippen molar-refractivity contribution in [2.24, 2.45) is 5.92 Å². The zero-order valence-electron chi connectivity index (χ0n) is 12.1. The Labute approximate surface area is 123 Å². The van der Waals surface area contributed by atoms with Gasteiger partial charge in [-0.2, -0.15) is 4.98 Å². The van der Waals surface area contributed by atoms with Crippen LogP contribution in [-0.4, -0.2) is 23.3 Å². The Bertz CT molecular complexity index is 640. The average molecular weight is 285 g/mol. The van der Waals surface area contributed by atoms with E-state index in [1.54, 1.807) is 0 Å². The van der Waals surface area contributed by atoms with Gasteiger partial charge in [-0.25, -0.2) is 0 Å². The number of rotatable bonds is 2. The van der Waals surface area contributed by atoms with Crippen LogP contribution in [0.1, 0.15) is 49.0 Å². The van der Waals surface area contributed by atoms with Gasteiger partial charge in [0.1, 0.15) is 5.75 Å². The molecule has 0 radical (unpaired) electrons. The predicted molar refractivity (Wildman–Crippen MR) is 77.2 cm³/mol. The Kier molecular flexibility index (Phi) is 3.15. The number of nitrogens with zero attached hydrogens (tertiary/aromatic N) is 2. The van der Waals surface area contributed by atoms with Crippen molar-refractivity contribution >= 4 is 0 Å². The van der Waals surface area contributed by atoms with Crippen molar-refractivity contribution in [1.82, 2.24) is 15.5 Å². The third kappa shape index (κ3) is 2.21. The molecule has 110 valence electrons. The van der Waals surface area contributed by atoms with Gasteiger partial charge in [0.05, 0.1) is 18.6 Å². The van der Waals surface area contributed by atoms with Gasteiger partial charge in [0.15, 0.2) is 5.82 Å². The number of para-hydroxylation sites is 1. The lowest BCUT2D eigenvalue weighted by molar-refractivity contribution is 0.271. The molecule has 21 heavy (non-hydrogen) atoms. The van der Waals surface area contributed by atoms with Crippen molar-refractivity contribution in [2.45, 2.75) is 31.7 Å². The highest BCUT2D eigenvalue weighted by molar-refractivity contribution is 5.40. The van der Waals surface area contributed by atoms with Crippen molar-refractivity contribution in [3.8, 4) is 5.75 Å². The van der Waals surface area contributed by atoms with Gasteiger partial charge in [-0.1, -0.05) is 30.3 Å². The number of fused-ring (bicyclic) bond motifs is 1. The minimum atomic E-state index is 0.171. The molecule has 2 aliphatic heterocycles. The molecule has 2 aromatic rings. The van der Waals surface area contributed by atoms with Gasteiger partial charge < -0.3 is 14.6 Å². The zero-order chi connectivity index (χ0) is 14.2. The molecule has 1 fully saturated rings. The second-order valence-electron chi connectivity index (χ2n) is 5.92. The Morgan fingerprint density at radius 1 is 1.24 bits per heavy atom. The summed E-state index contributed by atoms with van der Waals surface area (Å²) in [5.74, 6) is 3.15. The SMILES string of the molecule is CC1CCNC1c1nc(C2CCOc3ccccc32)no1. The molecule has 0 bridgehead atoms. The molecule has 3 atom stereocenters. The maximum atomic E-state index is 5.70. The normalized spacial score (nSPS) is 28.1. The summed E-state index contributed by atoms with van der Waals surface area (Å²) in [6.45, 7) is 3.94. The molecule has 1 N–H and O–H groups in total. The van der Waals surface area contributed by atoms with Crippen LogP contribution in [-0.2, 0) is 0 Å². The quantitative estimate of drug-likeness (QED) is 0.919. The van der Waals surface area contributed by atoms with E-state index in [1.807, 2.05) is 18.2 Å². The van der Waals surface area contributed by atoms with Crippen LogP contribution < -0.4 is 10.1 Å². The topological polar surface area (TPSA) is 60.2 Å². The maximum Gasteiger partial charge on any atom is 0.244 e. The monoisotopic (exact) mass is 285 g/mol. The van der Waals surface area contributed by atoms with E-state index in [0.29, 0.717) is 12.5 Å². The number of aromatic nitrogens is 2. The van der Waals surface area contributed by atoms with Crippen LogP contribution in [0.15, 0.2) is 28.8 Å². The number of hydrogen-bond acceptors (Lipinski definition) is 5. The number of benzene rings is 1. The van der Waals surface area contributed by atoms with E-state index < -0.39 is 0 Å². The number of nitrogens with one attached hydrogen (secondary N) is 1. The van der Waals surface area contributed by atoms with E-state index in [4.69, 9.17) is 9.26 Å². The lowest BCUT2D eigenvalue weighted by atomic mass is 9.92. The molecule has 1 aromatic carbocycles. The van der Waals surface area contributed by atoms with Gasteiger partial charge >= 0.3 is 0 Å². The molecule has 3 unspecified atom stereocenters. The summed E-state index contributed by atoms with van der Waals surface area (Å²) in [6, 6.07) is 8.31. The molecule has 5 nitrogen and oxygen atoms in total. The molecule has 5 heteroatoms. The molecule has 1 saturated heterocycles. The lowest BCUT2D eigenvalue weighted by Crippen LogP contribution is -2.18. The molecule has 1 aromatic heterocycles. The summed E-state index contributed by atoms with van der Waals surface area (Å²) in [7, 11) is 0. The predicted octanol–water partition coefficient (Wildman–Crippen LogP) is 2.65. The second kappa shape index (κ2) is 5.15. The van der Waals surface area contributed by atoms with Gasteiger partial charge in [-0.3, -0.25) is 0 Å².